The number of hydrogen-bond donors (Lipinski definition) is 1. The number of carbonyl (C=O) groups is 2. The lowest BCUT2D eigenvalue weighted by molar-refractivity contribution is -0.149. The monoisotopic (exact) mass is 463 g/mol. The summed E-state index contributed by atoms with van der Waals surface area (Å²) >= 11 is 0. The second-order valence-corrected chi connectivity index (χ2v) is 11.8. The van der Waals surface area contributed by atoms with Crippen molar-refractivity contribution < 1.29 is 9.59 Å². The molecule has 3 aliphatic heterocycles. The van der Waals surface area contributed by atoms with Crippen molar-refractivity contribution in [1.82, 2.24) is 15.1 Å². The van der Waals surface area contributed by atoms with Gasteiger partial charge >= 0.3 is 0 Å². The van der Waals surface area contributed by atoms with E-state index in [1.807, 2.05) is 6.07 Å². The predicted molar refractivity (Wildman–Crippen MR) is 133 cm³/mol. The van der Waals surface area contributed by atoms with Gasteiger partial charge in [0.2, 0.25) is 11.8 Å². The van der Waals surface area contributed by atoms with Crippen LogP contribution in [0.25, 0.3) is 0 Å². The number of hydrogen-bond acceptors (Lipinski definition) is 3. The van der Waals surface area contributed by atoms with Crippen LogP contribution in [0, 0.1) is 17.8 Å². The Kier molecular flexibility index (Phi) is 6.17. The first-order valence-electron chi connectivity index (χ1n) is 14.0. The highest BCUT2D eigenvalue weighted by atomic mass is 16.2. The zero-order valence-electron chi connectivity index (χ0n) is 20.6. The van der Waals surface area contributed by atoms with Crippen LogP contribution in [0.3, 0.4) is 0 Å². The maximum atomic E-state index is 14.2. The van der Waals surface area contributed by atoms with Gasteiger partial charge in [-0.05, 0) is 101 Å². The van der Waals surface area contributed by atoms with Gasteiger partial charge in [-0.2, -0.15) is 0 Å². The Hall–Kier alpha value is -1.88. The maximum absolute atomic E-state index is 14.2. The average Bonchev–Trinajstić information content (AvgIpc) is 3.79. The third-order valence-electron chi connectivity index (χ3n) is 9.61. The number of nitrogens with one attached hydrogen (secondary N) is 1. The minimum atomic E-state index is -0.295. The van der Waals surface area contributed by atoms with E-state index in [0.29, 0.717) is 30.2 Å². The third kappa shape index (κ3) is 4.29. The summed E-state index contributed by atoms with van der Waals surface area (Å²) in [5, 5.41) is 3.13. The summed E-state index contributed by atoms with van der Waals surface area (Å²) in [6.45, 7) is 4.24. The minimum absolute atomic E-state index is 0.198. The van der Waals surface area contributed by atoms with Crippen LogP contribution in [0.15, 0.2) is 30.3 Å². The number of carbonyl (C=O) groups excluding carboxylic acids is 2. The molecule has 5 nitrogen and oxygen atoms in total. The van der Waals surface area contributed by atoms with Crippen molar-refractivity contribution in [3.05, 3.63) is 35.9 Å². The molecule has 6 rings (SSSR count). The number of piperidine rings is 3. The maximum Gasteiger partial charge on any atom is 0.233 e. The second-order valence-electron chi connectivity index (χ2n) is 11.8. The van der Waals surface area contributed by atoms with Crippen LogP contribution in [0.5, 0.6) is 0 Å². The Morgan fingerprint density at radius 3 is 2.50 bits per heavy atom. The highest BCUT2D eigenvalue weighted by Crippen LogP contribution is 2.52. The first-order valence-corrected chi connectivity index (χ1v) is 14.0. The first kappa shape index (κ1) is 22.6. The van der Waals surface area contributed by atoms with Crippen LogP contribution >= 0.6 is 0 Å². The van der Waals surface area contributed by atoms with Gasteiger partial charge < -0.3 is 10.2 Å². The number of benzene rings is 1. The molecule has 3 saturated heterocycles. The Morgan fingerprint density at radius 1 is 1.00 bits per heavy atom. The van der Waals surface area contributed by atoms with E-state index >= 15 is 0 Å². The third-order valence-corrected chi connectivity index (χ3v) is 9.61. The van der Waals surface area contributed by atoms with Gasteiger partial charge in [0.1, 0.15) is 0 Å². The molecule has 0 bridgehead atoms. The molecular formula is C29H41N3O2. The molecule has 1 aromatic rings. The van der Waals surface area contributed by atoms with Crippen molar-refractivity contribution in [3.63, 3.8) is 0 Å². The zero-order valence-corrected chi connectivity index (χ0v) is 20.6. The Balaban J connectivity index is 1.20. The van der Waals surface area contributed by atoms with Gasteiger partial charge in [0.25, 0.3) is 0 Å². The molecular weight excluding hydrogens is 422 g/mol. The van der Waals surface area contributed by atoms with Crippen molar-refractivity contribution >= 4 is 11.8 Å². The van der Waals surface area contributed by atoms with Gasteiger partial charge in [-0.1, -0.05) is 30.3 Å². The van der Waals surface area contributed by atoms with Gasteiger partial charge in [-0.15, -0.1) is 0 Å². The summed E-state index contributed by atoms with van der Waals surface area (Å²) in [6, 6.07) is 11.4. The lowest BCUT2D eigenvalue weighted by atomic mass is 9.68. The van der Waals surface area contributed by atoms with E-state index in [9.17, 15) is 9.59 Å². The summed E-state index contributed by atoms with van der Waals surface area (Å²) in [5.41, 5.74) is 0.908. The van der Waals surface area contributed by atoms with E-state index in [1.165, 1.54) is 57.2 Å². The highest BCUT2D eigenvalue weighted by Gasteiger charge is 2.57. The molecule has 5 fully saturated rings. The van der Waals surface area contributed by atoms with Crippen LogP contribution in [-0.4, -0.2) is 59.9 Å². The molecule has 1 aromatic carbocycles. The summed E-state index contributed by atoms with van der Waals surface area (Å²) < 4.78 is 0. The predicted octanol–water partition coefficient (Wildman–Crippen LogP) is 4.12. The van der Waals surface area contributed by atoms with Gasteiger partial charge in [0, 0.05) is 31.6 Å². The second kappa shape index (κ2) is 9.29. The summed E-state index contributed by atoms with van der Waals surface area (Å²) in [4.78, 5) is 31.8. The Labute approximate surface area is 204 Å². The fourth-order valence-electron chi connectivity index (χ4n) is 7.52. The molecule has 0 unspecified atom stereocenters. The summed E-state index contributed by atoms with van der Waals surface area (Å²) in [5.74, 6) is 2.48. The topological polar surface area (TPSA) is 52.7 Å². The normalized spacial score (nSPS) is 32.1. The van der Waals surface area contributed by atoms with E-state index in [2.05, 4.69) is 39.4 Å². The average molecular weight is 464 g/mol. The molecule has 184 valence electrons. The lowest BCUT2D eigenvalue weighted by Crippen LogP contribution is -2.66. The fraction of sp³-hybridized carbons (Fsp3) is 0.724. The molecule has 0 aromatic heterocycles. The minimum Gasteiger partial charge on any atom is -0.356 e. The standard InChI is InChI=1S/C29H41N3O2/c33-26(30-19-21-13-14-21)12-4-11-25-24-10-6-18-31-17-5-7-22(27(24)31)20-32(25)28(34)29(15-16-29)23-8-2-1-3-9-23/h1-3,8-9,21-22,24-25,27H,4-7,10-20H2,(H,30,33)/t22-,24+,25+,27-/m0/s1. The first-order chi connectivity index (χ1) is 16.7. The molecule has 5 heteroatoms. The molecule has 2 amide bonds. The van der Waals surface area contributed by atoms with Crippen molar-refractivity contribution in [2.45, 2.75) is 88.1 Å². The van der Waals surface area contributed by atoms with Crippen LogP contribution in [0.4, 0.5) is 0 Å². The van der Waals surface area contributed by atoms with Crippen LogP contribution in [0.1, 0.15) is 76.2 Å². The largest absolute Gasteiger partial charge is 0.356 e. The van der Waals surface area contributed by atoms with Crippen LogP contribution < -0.4 is 5.32 Å². The van der Waals surface area contributed by atoms with E-state index in [-0.39, 0.29) is 17.4 Å². The van der Waals surface area contributed by atoms with E-state index in [4.69, 9.17) is 0 Å². The Bertz CT molecular complexity index is 892. The van der Waals surface area contributed by atoms with Gasteiger partial charge in [-0.25, -0.2) is 0 Å². The van der Waals surface area contributed by atoms with Gasteiger partial charge in [0.05, 0.1) is 5.41 Å². The zero-order chi connectivity index (χ0) is 23.1. The fourth-order valence-corrected chi connectivity index (χ4v) is 7.52. The Morgan fingerprint density at radius 2 is 1.76 bits per heavy atom. The van der Waals surface area contributed by atoms with E-state index in [1.54, 1.807) is 0 Å². The summed E-state index contributed by atoms with van der Waals surface area (Å²) in [7, 11) is 0. The summed E-state index contributed by atoms with van der Waals surface area (Å²) in [6.07, 6.45) is 12.0. The molecule has 0 spiro atoms. The van der Waals surface area contributed by atoms with E-state index < -0.39 is 0 Å². The molecule has 5 aliphatic rings. The molecule has 34 heavy (non-hydrogen) atoms. The highest BCUT2D eigenvalue weighted by molar-refractivity contribution is 5.91. The molecule has 2 aliphatic carbocycles. The number of rotatable bonds is 8. The smallest absolute Gasteiger partial charge is 0.233 e. The van der Waals surface area contributed by atoms with Gasteiger partial charge in [-0.3, -0.25) is 14.5 Å². The van der Waals surface area contributed by atoms with Crippen LogP contribution in [-0.2, 0) is 15.0 Å². The van der Waals surface area contributed by atoms with Crippen molar-refractivity contribution in [3.8, 4) is 0 Å². The van der Waals surface area contributed by atoms with Crippen LogP contribution in [0.2, 0.25) is 0 Å². The number of amides is 2. The van der Waals surface area contributed by atoms with E-state index in [0.717, 1.165) is 44.7 Å². The molecule has 2 saturated carbocycles. The molecule has 4 atom stereocenters. The van der Waals surface area contributed by atoms with Crippen molar-refractivity contribution in [2.75, 3.05) is 26.2 Å². The molecule has 1 N–H and O–H groups in total. The number of likely N-dealkylation sites (tertiary alicyclic amines) is 1. The van der Waals surface area contributed by atoms with Gasteiger partial charge in [0.15, 0.2) is 0 Å². The SMILES string of the molecule is O=C(CCC[C@@H]1[C@H]2CCCN3CCC[C@@H](CN1C(=O)C1(c4ccccc4)CC1)[C@@H]23)NCC1CC1. The van der Waals surface area contributed by atoms with Crippen molar-refractivity contribution in [2.24, 2.45) is 17.8 Å². The lowest BCUT2D eigenvalue weighted by Gasteiger charge is -2.58. The quantitative estimate of drug-likeness (QED) is 0.631. The molecule has 3 heterocycles. The number of nitrogens with zero attached hydrogens (tertiary/aromatic N) is 2. The van der Waals surface area contributed by atoms with Crippen molar-refractivity contribution in [1.29, 1.82) is 0 Å². The molecule has 0 radical (unpaired) electrons.